The predicted molar refractivity (Wildman–Crippen MR) is 83.3 cm³/mol. The van der Waals surface area contributed by atoms with E-state index in [1.807, 2.05) is 0 Å². The van der Waals surface area contributed by atoms with Crippen LogP contribution in [0.3, 0.4) is 0 Å². The van der Waals surface area contributed by atoms with Crippen molar-refractivity contribution in [3.8, 4) is 5.75 Å². The first-order valence-corrected chi connectivity index (χ1v) is 7.74. The molecule has 1 amide bonds. The van der Waals surface area contributed by atoms with E-state index in [2.05, 4.69) is 5.32 Å². The zero-order valence-electron chi connectivity index (χ0n) is 11.3. The van der Waals surface area contributed by atoms with Gasteiger partial charge in [0.2, 0.25) is 0 Å². The minimum atomic E-state index is -0.235. The Bertz CT molecular complexity index is 532. The van der Waals surface area contributed by atoms with Gasteiger partial charge >= 0.3 is 0 Å². The van der Waals surface area contributed by atoms with Crippen molar-refractivity contribution in [2.45, 2.75) is 19.3 Å². The van der Waals surface area contributed by atoms with Crippen LogP contribution in [0.15, 0.2) is 12.1 Å². The molecule has 1 aromatic rings. The maximum Gasteiger partial charge on any atom is 0.257 e. The fourth-order valence-electron chi connectivity index (χ4n) is 2.02. The number of hydrogen-bond donors (Lipinski definition) is 2. The summed E-state index contributed by atoms with van der Waals surface area (Å²) in [6, 6.07) is 2.95. The Morgan fingerprint density at radius 3 is 2.52 bits per heavy atom. The topological polar surface area (TPSA) is 58.6 Å². The average Bonchev–Trinajstić information content (AvgIpc) is 3.20. The number of aliphatic hydroxyl groups is 1. The smallest absolute Gasteiger partial charge is 0.257 e. The van der Waals surface area contributed by atoms with E-state index < -0.39 is 0 Å². The zero-order valence-corrected chi connectivity index (χ0v) is 13.6. The molecular formula is C14H16Cl3NO3. The third kappa shape index (κ3) is 4.65. The van der Waals surface area contributed by atoms with Crippen LogP contribution in [0, 0.1) is 5.41 Å². The second-order valence-electron chi connectivity index (χ2n) is 5.24. The zero-order chi connectivity index (χ0) is 15.5. The molecule has 0 bridgehead atoms. The first-order valence-electron chi connectivity index (χ1n) is 6.61. The molecule has 1 aliphatic rings. The Kier molecular flexibility index (Phi) is 5.60. The van der Waals surface area contributed by atoms with Gasteiger partial charge in [-0.25, -0.2) is 0 Å². The lowest BCUT2D eigenvalue weighted by molar-refractivity contribution is -0.123. The van der Waals surface area contributed by atoms with Crippen LogP contribution in [0.2, 0.25) is 15.1 Å². The second-order valence-corrected chi connectivity index (χ2v) is 6.46. The van der Waals surface area contributed by atoms with Gasteiger partial charge in [-0.2, -0.15) is 0 Å². The van der Waals surface area contributed by atoms with Gasteiger partial charge < -0.3 is 15.2 Å². The molecule has 1 aromatic carbocycles. The molecule has 1 saturated carbocycles. The molecule has 1 fully saturated rings. The maximum absolute atomic E-state index is 11.8. The van der Waals surface area contributed by atoms with Gasteiger partial charge in [0.15, 0.2) is 6.61 Å². The molecule has 2 rings (SSSR count). The fraction of sp³-hybridized carbons (Fsp3) is 0.500. The van der Waals surface area contributed by atoms with Gasteiger partial charge in [0.1, 0.15) is 5.75 Å². The van der Waals surface area contributed by atoms with Crippen LogP contribution in [-0.4, -0.2) is 30.8 Å². The minimum absolute atomic E-state index is 0.0750. The lowest BCUT2D eigenvalue weighted by Gasteiger charge is -2.15. The third-order valence-electron chi connectivity index (χ3n) is 3.59. The summed E-state index contributed by atoms with van der Waals surface area (Å²) < 4.78 is 5.34. The highest BCUT2D eigenvalue weighted by atomic mass is 35.5. The Labute approximate surface area is 138 Å². The molecule has 0 aromatic heterocycles. The number of aliphatic hydroxyl groups excluding tert-OH is 1. The summed E-state index contributed by atoms with van der Waals surface area (Å²) in [5, 5.41) is 12.7. The van der Waals surface area contributed by atoms with Crippen molar-refractivity contribution in [2.24, 2.45) is 5.41 Å². The number of rotatable bonds is 7. The summed E-state index contributed by atoms with van der Waals surface area (Å²) in [5.41, 5.74) is 0.0750. The number of hydrogen-bond acceptors (Lipinski definition) is 3. The number of ether oxygens (including phenoxy) is 1. The summed E-state index contributed by atoms with van der Waals surface area (Å²) in [6.45, 7) is 0.559. The van der Waals surface area contributed by atoms with Crippen LogP contribution < -0.4 is 10.1 Å². The van der Waals surface area contributed by atoms with Gasteiger partial charge in [-0.05, 0) is 30.7 Å². The molecule has 0 radical (unpaired) electrons. The lowest BCUT2D eigenvalue weighted by Crippen LogP contribution is -2.34. The van der Waals surface area contributed by atoms with Crippen molar-refractivity contribution < 1.29 is 14.6 Å². The normalized spacial score (nSPS) is 15.6. The number of nitrogens with one attached hydrogen (secondary N) is 1. The van der Waals surface area contributed by atoms with Gasteiger partial charge in [-0.15, -0.1) is 0 Å². The van der Waals surface area contributed by atoms with E-state index in [1.165, 1.54) is 12.1 Å². The quantitative estimate of drug-likeness (QED) is 0.740. The number of halogens is 3. The molecule has 0 spiro atoms. The highest BCUT2D eigenvalue weighted by Crippen LogP contribution is 2.47. The number of carbonyl (C=O) groups is 1. The molecule has 4 nitrogen and oxygen atoms in total. The monoisotopic (exact) mass is 351 g/mol. The summed E-state index contributed by atoms with van der Waals surface area (Å²) in [4.78, 5) is 11.8. The number of carbonyl (C=O) groups excluding carboxylic acids is 1. The Morgan fingerprint density at radius 1 is 1.24 bits per heavy atom. The summed E-state index contributed by atoms with van der Waals surface area (Å²) in [7, 11) is 0. The van der Waals surface area contributed by atoms with Gasteiger partial charge in [0.25, 0.3) is 5.91 Å². The molecule has 116 valence electrons. The summed E-state index contributed by atoms with van der Waals surface area (Å²) in [5.74, 6) is 0.0825. The molecule has 0 heterocycles. The lowest BCUT2D eigenvalue weighted by atomic mass is 10.0. The van der Waals surface area contributed by atoms with E-state index in [4.69, 9.17) is 44.6 Å². The van der Waals surface area contributed by atoms with Crippen LogP contribution in [0.5, 0.6) is 5.75 Å². The molecule has 0 atom stereocenters. The van der Waals surface area contributed by atoms with Crippen molar-refractivity contribution in [3.63, 3.8) is 0 Å². The average molecular weight is 353 g/mol. The number of benzene rings is 1. The third-order valence-corrected chi connectivity index (χ3v) is 4.61. The van der Waals surface area contributed by atoms with Gasteiger partial charge in [-0.1, -0.05) is 34.8 Å². The van der Waals surface area contributed by atoms with Crippen LogP contribution >= 0.6 is 34.8 Å². The molecule has 2 N–H and O–H groups in total. The van der Waals surface area contributed by atoms with E-state index in [9.17, 15) is 4.79 Å². The molecular weight excluding hydrogens is 337 g/mol. The van der Waals surface area contributed by atoms with Crippen LogP contribution in [0.25, 0.3) is 0 Å². The van der Waals surface area contributed by atoms with E-state index in [1.54, 1.807) is 0 Å². The van der Waals surface area contributed by atoms with E-state index in [0.29, 0.717) is 33.8 Å². The van der Waals surface area contributed by atoms with Crippen molar-refractivity contribution >= 4 is 40.7 Å². The van der Waals surface area contributed by atoms with Crippen molar-refractivity contribution in [1.29, 1.82) is 0 Å². The molecule has 1 aliphatic carbocycles. The van der Waals surface area contributed by atoms with E-state index in [0.717, 1.165) is 12.8 Å². The SMILES string of the molecule is O=C(COc1cc(Cl)c(Cl)cc1Cl)NCC1(CCO)CC1. The molecule has 21 heavy (non-hydrogen) atoms. The Hall–Kier alpha value is -0.680. The van der Waals surface area contributed by atoms with Crippen LogP contribution in [0.4, 0.5) is 0 Å². The standard InChI is InChI=1S/C14H16Cl3NO3/c15-9-5-11(17)12(6-10(9)16)21-7-13(20)18-8-14(1-2-14)3-4-19/h5-6,19H,1-4,7-8H2,(H,18,20). The number of amides is 1. The Balaban J connectivity index is 1.80. The summed E-state index contributed by atoms with van der Waals surface area (Å²) in [6.07, 6.45) is 2.79. The van der Waals surface area contributed by atoms with Gasteiger partial charge in [-0.3, -0.25) is 4.79 Å². The van der Waals surface area contributed by atoms with E-state index >= 15 is 0 Å². The first kappa shape index (κ1) is 16.7. The molecule has 0 unspecified atom stereocenters. The largest absolute Gasteiger partial charge is 0.482 e. The van der Waals surface area contributed by atoms with Crippen molar-refractivity contribution in [2.75, 3.05) is 19.8 Å². The van der Waals surface area contributed by atoms with Crippen LogP contribution in [-0.2, 0) is 4.79 Å². The van der Waals surface area contributed by atoms with Crippen molar-refractivity contribution in [3.05, 3.63) is 27.2 Å². The fourth-order valence-corrected chi connectivity index (χ4v) is 2.62. The van der Waals surface area contributed by atoms with Gasteiger partial charge in [0, 0.05) is 19.2 Å². The summed E-state index contributed by atoms with van der Waals surface area (Å²) >= 11 is 17.6. The first-order chi connectivity index (χ1) is 9.96. The highest BCUT2D eigenvalue weighted by Gasteiger charge is 2.41. The van der Waals surface area contributed by atoms with Crippen LogP contribution in [0.1, 0.15) is 19.3 Å². The second kappa shape index (κ2) is 7.05. The molecule has 7 heteroatoms. The molecule has 0 saturated heterocycles. The maximum atomic E-state index is 11.8. The van der Waals surface area contributed by atoms with E-state index in [-0.39, 0.29) is 24.5 Å². The van der Waals surface area contributed by atoms with Crippen molar-refractivity contribution in [1.82, 2.24) is 5.32 Å². The minimum Gasteiger partial charge on any atom is -0.482 e. The Morgan fingerprint density at radius 2 is 1.90 bits per heavy atom. The highest BCUT2D eigenvalue weighted by molar-refractivity contribution is 6.43. The predicted octanol–water partition coefficient (Wildman–Crippen LogP) is 3.30. The van der Waals surface area contributed by atoms with Gasteiger partial charge in [0.05, 0.1) is 15.1 Å². The molecule has 0 aliphatic heterocycles.